The summed E-state index contributed by atoms with van der Waals surface area (Å²) >= 11 is 0. The van der Waals surface area contributed by atoms with Gasteiger partial charge >= 0.3 is 5.97 Å². The van der Waals surface area contributed by atoms with Gasteiger partial charge in [-0.25, -0.2) is 12.8 Å². The van der Waals surface area contributed by atoms with Crippen molar-refractivity contribution >= 4 is 27.8 Å². The summed E-state index contributed by atoms with van der Waals surface area (Å²) in [5, 5.41) is 9.13. The van der Waals surface area contributed by atoms with E-state index in [0.29, 0.717) is 19.4 Å². The van der Waals surface area contributed by atoms with Crippen molar-refractivity contribution in [1.29, 1.82) is 0 Å². The van der Waals surface area contributed by atoms with Crippen molar-refractivity contribution in [2.24, 2.45) is 5.92 Å². The molecule has 1 aromatic carbocycles. The first-order chi connectivity index (χ1) is 14.7. The minimum atomic E-state index is -3.76. The van der Waals surface area contributed by atoms with Crippen LogP contribution in [0.15, 0.2) is 29.2 Å². The Morgan fingerprint density at radius 2 is 1.52 bits per heavy atom. The summed E-state index contributed by atoms with van der Waals surface area (Å²) in [4.78, 5) is 39.0. The van der Waals surface area contributed by atoms with Crippen molar-refractivity contribution < 1.29 is 32.3 Å². The SMILES string of the molecule is O=C(O)[C@H]1CCCN(C(=O)CCC(=O)N2CCN(S(=O)(=O)c3ccc(F)cc3)CC2)C1. The van der Waals surface area contributed by atoms with Crippen molar-refractivity contribution in [3.05, 3.63) is 30.1 Å². The second kappa shape index (κ2) is 9.73. The molecule has 2 aliphatic rings. The molecule has 2 heterocycles. The van der Waals surface area contributed by atoms with Gasteiger partial charge < -0.3 is 14.9 Å². The number of hydrogen-bond acceptors (Lipinski definition) is 5. The Kier molecular flexibility index (Phi) is 7.26. The number of carbonyl (C=O) groups excluding carboxylic acids is 2. The number of aliphatic carboxylic acids is 1. The number of piperazine rings is 1. The third kappa shape index (κ3) is 5.59. The third-order valence-electron chi connectivity index (χ3n) is 5.72. The lowest BCUT2D eigenvalue weighted by Gasteiger charge is -2.34. The lowest BCUT2D eigenvalue weighted by Crippen LogP contribution is -2.50. The molecule has 0 aromatic heterocycles. The average molecular weight is 456 g/mol. The summed E-state index contributed by atoms with van der Waals surface area (Å²) in [6.45, 7) is 1.31. The highest BCUT2D eigenvalue weighted by Gasteiger charge is 2.31. The van der Waals surface area contributed by atoms with Gasteiger partial charge in [0.25, 0.3) is 0 Å². The van der Waals surface area contributed by atoms with Gasteiger partial charge in [-0.05, 0) is 37.1 Å². The molecule has 2 amide bonds. The van der Waals surface area contributed by atoms with E-state index in [1.165, 1.54) is 26.2 Å². The summed E-state index contributed by atoms with van der Waals surface area (Å²) in [5.41, 5.74) is 0. The van der Waals surface area contributed by atoms with Gasteiger partial charge in [-0.15, -0.1) is 0 Å². The van der Waals surface area contributed by atoms with E-state index in [9.17, 15) is 27.2 Å². The second-order valence-electron chi connectivity index (χ2n) is 7.76. The van der Waals surface area contributed by atoms with Crippen LogP contribution in [0.1, 0.15) is 25.7 Å². The van der Waals surface area contributed by atoms with E-state index in [4.69, 9.17) is 5.11 Å². The third-order valence-corrected chi connectivity index (χ3v) is 7.63. The van der Waals surface area contributed by atoms with Gasteiger partial charge in [-0.3, -0.25) is 14.4 Å². The molecule has 9 nitrogen and oxygen atoms in total. The van der Waals surface area contributed by atoms with E-state index in [2.05, 4.69) is 0 Å². The molecule has 1 N–H and O–H groups in total. The number of rotatable bonds is 6. The molecule has 1 aromatic rings. The van der Waals surface area contributed by atoms with E-state index >= 15 is 0 Å². The number of amides is 2. The van der Waals surface area contributed by atoms with Crippen LogP contribution in [0, 0.1) is 11.7 Å². The molecule has 0 radical (unpaired) electrons. The summed E-state index contributed by atoms with van der Waals surface area (Å²) in [5.74, 6) is -2.48. The molecular weight excluding hydrogens is 429 g/mol. The lowest BCUT2D eigenvalue weighted by molar-refractivity contribution is -0.146. The summed E-state index contributed by atoms with van der Waals surface area (Å²) < 4.78 is 39.6. The normalized spacial score (nSPS) is 20.5. The molecule has 31 heavy (non-hydrogen) atoms. The maximum Gasteiger partial charge on any atom is 0.308 e. The van der Waals surface area contributed by atoms with Gasteiger partial charge in [0, 0.05) is 52.1 Å². The van der Waals surface area contributed by atoms with Gasteiger partial charge in [0.2, 0.25) is 21.8 Å². The van der Waals surface area contributed by atoms with Crippen molar-refractivity contribution in [2.75, 3.05) is 39.3 Å². The van der Waals surface area contributed by atoms with Crippen LogP contribution in [0.4, 0.5) is 4.39 Å². The van der Waals surface area contributed by atoms with Crippen LogP contribution < -0.4 is 0 Å². The molecule has 1 atom stereocenters. The first kappa shape index (κ1) is 23.1. The largest absolute Gasteiger partial charge is 0.481 e. The van der Waals surface area contributed by atoms with Gasteiger partial charge in [0.1, 0.15) is 5.82 Å². The maximum atomic E-state index is 13.1. The highest BCUT2D eigenvalue weighted by atomic mass is 32.2. The molecule has 11 heteroatoms. The molecule has 0 spiro atoms. The Balaban J connectivity index is 1.47. The summed E-state index contributed by atoms with van der Waals surface area (Å²) in [7, 11) is -3.76. The van der Waals surface area contributed by atoms with Crippen molar-refractivity contribution in [2.45, 2.75) is 30.6 Å². The number of nitrogens with zero attached hydrogens (tertiary/aromatic N) is 3. The van der Waals surface area contributed by atoms with Gasteiger partial charge in [0.15, 0.2) is 0 Å². The fourth-order valence-corrected chi connectivity index (χ4v) is 5.29. The smallest absolute Gasteiger partial charge is 0.308 e. The second-order valence-corrected chi connectivity index (χ2v) is 9.69. The Morgan fingerprint density at radius 3 is 2.10 bits per heavy atom. The lowest BCUT2D eigenvalue weighted by atomic mass is 9.98. The molecule has 2 saturated heterocycles. The van der Waals surface area contributed by atoms with Crippen molar-refractivity contribution in [1.82, 2.24) is 14.1 Å². The average Bonchev–Trinajstić information content (AvgIpc) is 2.77. The van der Waals surface area contributed by atoms with Crippen LogP contribution in [0.25, 0.3) is 0 Å². The monoisotopic (exact) mass is 455 g/mol. The molecule has 0 bridgehead atoms. The van der Waals surface area contributed by atoms with Crippen molar-refractivity contribution in [3.63, 3.8) is 0 Å². The predicted molar refractivity (Wildman–Crippen MR) is 108 cm³/mol. The molecule has 170 valence electrons. The zero-order valence-corrected chi connectivity index (χ0v) is 17.9. The Bertz CT molecular complexity index is 929. The standard InChI is InChI=1S/C20H26FN3O6S/c21-16-3-5-17(6-4-16)31(29,30)24-12-10-22(11-13-24)18(25)7-8-19(26)23-9-1-2-15(14-23)20(27)28/h3-6,15H,1-2,7-14H2,(H,27,28)/t15-/m0/s1. The Labute approximate surface area is 180 Å². The van der Waals surface area contributed by atoms with Crippen LogP contribution >= 0.6 is 0 Å². The number of carbonyl (C=O) groups is 3. The predicted octanol–water partition coefficient (Wildman–Crippen LogP) is 0.762. The molecular formula is C20H26FN3O6S. The van der Waals surface area contributed by atoms with E-state index in [-0.39, 0.29) is 62.3 Å². The van der Waals surface area contributed by atoms with Gasteiger partial charge in [0.05, 0.1) is 10.8 Å². The fourth-order valence-electron chi connectivity index (χ4n) is 3.87. The summed E-state index contributed by atoms with van der Waals surface area (Å²) in [6, 6.07) is 4.60. The molecule has 3 rings (SSSR count). The number of carboxylic acid groups (broad SMARTS) is 1. The topological polar surface area (TPSA) is 115 Å². The number of carboxylic acids is 1. The number of piperidine rings is 1. The molecule has 2 aliphatic heterocycles. The van der Waals surface area contributed by atoms with Gasteiger partial charge in [-0.2, -0.15) is 4.31 Å². The quantitative estimate of drug-likeness (QED) is 0.677. The Morgan fingerprint density at radius 1 is 0.935 bits per heavy atom. The molecule has 0 saturated carbocycles. The minimum absolute atomic E-state index is 0.000435. The summed E-state index contributed by atoms with van der Waals surface area (Å²) in [6.07, 6.45) is 1.17. The number of benzene rings is 1. The highest BCUT2D eigenvalue weighted by Crippen LogP contribution is 2.20. The Hall–Kier alpha value is -2.53. The van der Waals surface area contributed by atoms with E-state index < -0.39 is 27.7 Å². The van der Waals surface area contributed by atoms with Crippen LogP contribution in [0.3, 0.4) is 0 Å². The zero-order chi connectivity index (χ0) is 22.6. The number of sulfonamides is 1. The first-order valence-corrected chi connectivity index (χ1v) is 11.7. The molecule has 0 aliphatic carbocycles. The number of hydrogen-bond donors (Lipinski definition) is 1. The maximum absolute atomic E-state index is 13.1. The molecule has 0 unspecified atom stereocenters. The van der Waals surface area contributed by atoms with Crippen LogP contribution in [-0.2, 0) is 24.4 Å². The minimum Gasteiger partial charge on any atom is -0.481 e. The number of likely N-dealkylation sites (tertiary alicyclic amines) is 1. The van der Waals surface area contributed by atoms with E-state index in [1.54, 1.807) is 0 Å². The van der Waals surface area contributed by atoms with Gasteiger partial charge in [-0.1, -0.05) is 0 Å². The first-order valence-electron chi connectivity index (χ1n) is 10.2. The van der Waals surface area contributed by atoms with E-state index in [1.807, 2.05) is 0 Å². The fraction of sp³-hybridized carbons (Fsp3) is 0.550. The van der Waals surface area contributed by atoms with Crippen LogP contribution in [-0.4, -0.2) is 84.7 Å². The number of halogens is 1. The molecule has 2 fully saturated rings. The van der Waals surface area contributed by atoms with Crippen LogP contribution in [0.2, 0.25) is 0 Å². The van der Waals surface area contributed by atoms with Crippen LogP contribution in [0.5, 0.6) is 0 Å². The van der Waals surface area contributed by atoms with E-state index in [0.717, 1.165) is 12.1 Å². The van der Waals surface area contributed by atoms with Crippen molar-refractivity contribution in [3.8, 4) is 0 Å². The zero-order valence-electron chi connectivity index (χ0n) is 17.1. The highest BCUT2D eigenvalue weighted by molar-refractivity contribution is 7.89.